The van der Waals surface area contributed by atoms with Gasteiger partial charge in [-0.3, -0.25) is 9.97 Å². The van der Waals surface area contributed by atoms with Gasteiger partial charge in [0.1, 0.15) is 0 Å². The first-order valence-corrected chi connectivity index (χ1v) is 13.5. The largest absolute Gasteiger partial charge is 0.416 e. The van der Waals surface area contributed by atoms with E-state index in [0.717, 1.165) is 78.4 Å². The van der Waals surface area contributed by atoms with Gasteiger partial charge in [-0.1, -0.05) is 91.0 Å². The fraction of sp³-hybridized carbons (Fsp3) is 0.0270. The Morgan fingerprint density at radius 3 is 1.38 bits per heavy atom. The van der Waals surface area contributed by atoms with Crippen molar-refractivity contribution >= 4 is 21.8 Å². The van der Waals surface area contributed by atoms with E-state index < -0.39 is 11.7 Å². The summed E-state index contributed by atoms with van der Waals surface area (Å²) in [6, 6.07) is 40.1. The Hall–Kier alpha value is -5.29. The van der Waals surface area contributed by atoms with Gasteiger partial charge in [0.2, 0.25) is 0 Å². The van der Waals surface area contributed by atoms with Crippen molar-refractivity contribution in [2.75, 3.05) is 0 Å². The second-order valence-electron chi connectivity index (χ2n) is 10.3. The van der Waals surface area contributed by atoms with Gasteiger partial charge < -0.3 is 0 Å². The van der Waals surface area contributed by atoms with Gasteiger partial charge in [-0.05, 0) is 69.8 Å². The molecule has 7 rings (SSSR count). The molecule has 0 unspecified atom stereocenters. The third-order valence-electron chi connectivity index (χ3n) is 7.59. The number of nitrogens with zero attached hydrogens (tertiary/aromatic N) is 2. The highest BCUT2D eigenvalue weighted by molar-refractivity contribution is 5.88. The quantitative estimate of drug-likeness (QED) is 0.217. The number of benzene rings is 5. The number of halogens is 3. The van der Waals surface area contributed by atoms with Crippen molar-refractivity contribution < 1.29 is 13.2 Å². The van der Waals surface area contributed by atoms with Crippen LogP contribution in [0.15, 0.2) is 140 Å². The molecule has 0 bridgehead atoms. The predicted octanol–water partition coefficient (Wildman–Crippen LogP) is 10.5. The van der Waals surface area contributed by atoms with E-state index in [0.29, 0.717) is 0 Å². The lowest BCUT2D eigenvalue weighted by Gasteiger charge is -2.09. The minimum atomic E-state index is -4.34. The second kappa shape index (κ2) is 10.3. The molecule has 0 aliphatic carbocycles. The van der Waals surface area contributed by atoms with Crippen molar-refractivity contribution in [1.29, 1.82) is 0 Å². The van der Waals surface area contributed by atoms with E-state index in [4.69, 9.17) is 4.98 Å². The molecule has 0 N–H and O–H groups in total. The van der Waals surface area contributed by atoms with Crippen LogP contribution in [0.3, 0.4) is 0 Å². The summed E-state index contributed by atoms with van der Waals surface area (Å²) in [5.74, 6) is 0. The standard InChI is InChI=1S/C37H23F3N2/c38-37(39,40)34-17-15-25(16-18-34)24-5-7-26(8-6-24)29-13-14-31-20-33(23-42-36(31)21-29)28-11-9-27(10-12-28)32-19-30-3-1-2-4-35(30)41-22-32/h1-23H. The molecule has 5 heteroatoms. The lowest BCUT2D eigenvalue weighted by Crippen LogP contribution is -2.03. The molecule has 202 valence electrons. The van der Waals surface area contributed by atoms with Crippen molar-refractivity contribution in [2.45, 2.75) is 6.18 Å². The highest BCUT2D eigenvalue weighted by Gasteiger charge is 2.29. The molecule has 0 saturated heterocycles. The van der Waals surface area contributed by atoms with Crippen LogP contribution in [0.1, 0.15) is 5.56 Å². The number of aromatic nitrogens is 2. The van der Waals surface area contributed by atoms with E-state index in [-0.39, 0.29) is 0 Å². The van der Waals surface area contributed by atoms with Crippen LogP contribution in [0.25, 0.3) is 66.3 Å². The Morgan fingerprint density at radius 2 is 0.810 bits per heavy atom. The average molecular weight is 553 g/mol. The summed E-state index contributed by atoms with van der Waals surface area (Å²) < 4.78 is 38.7. The SMILES string of the molecule is FC(F)(F)c1ccc(-c2ccc(-c3ccc4cc(-c5ccc(-c6cnc7ccccc7c6)cc5)cnc4c3)cc2)cc1. The summed E-state index contributed by atoms with van der Waals surface area (Å²) in [6.45, 7) is 0. The molecule has 0 amide bonds. The van der Waals surface area contributed by atoms with Gasteiger partial charge in [0.05, 0.1) is 16.6 Å². The van der Waals surface area contributed by atoms with Gasteiger partial charge in [0.25, 0.3) is 0 Å². The molecule has 0 aliphatic rings. The van der Waals surface area contributed by atoms with Crippen molar-refractivity contribution in [3.05, 3.63) is 145 Å². The highest BCUT2D eigenvalue weighted by Crippen LogP contribution is 2.33. The van der Waals surface area contributed by atoms with Crippen LogP contribution in [0.5, 0.6) is 0 Å². The fourth-order valence-corrected chi connectivity index (χ4v) is 5.25. The molecule has 2 heterocycles. The van der Waals surface area contributed by atoms with Crippen LogP contribution in [-0.4, -0.2) is 9.97 Å². The Morgan fingerprint density at radius 1 is 0.381 bits per heavy atom. The number of hydrogen-bond acceptors (Lipinski definition) is 2. The molecule has 42 heavy (non-hydrogen) atoms. The van der Waals surface area contributed by atoms with Gasteiger partial charge >= 0.3 is 6.18 Å². The molecule has 0 atom stereocenters. The Bertz CT molecular complexity index is 2040. The molecule has 0 aliphatic heterocycles. The zero-order valence-corrected chi connectivity index (χ0v) is 22.3. The van der Waals surface area contributed by atoms with Crippen LogP contribution >= 0.6 is 0 Å². The maximum absolute atomic E-state index is 12.9. The van der Waals surface area contributed by atoms with Crippen LogP contribution in [0, 0.1) is 0 Å². The fourth-order valence-electron chi connectivity index (χ4n) is 5.25. The van der Waals surface area contributed by atoms with Crippen molar-refractivity contribution in [3.8, 4) is 44.5 Å². The van der Waals surface area contributed by atoms with Gasteiger partial charge in [0.15, 0.2) is 0 Å². The molecule has 0 radical (unpaired) electrons. The minimum Gasteiger partial charge on any atom is -0.256 e. The number of para-hydroxylation sites is 1. The summed E-state index contributed by atoms with van der Waals surface area (Å²) >= 11 is 0. The minimum absolute atomic E-state index is 0.648. The molecule has 2 aromatic heterocycles. The van der Waals surface area contributed by atoms with Crippen LogP contribution in [-0.2, 0) is 6.18 Å². The molecular formula is C37H23F3N2. The van der Waals surface area contributed by atoms with E-state index in [1.165, 1.54) is 12.1 Å². The molecule has 0 fully saturated rings. The van der Waals surface area contributed by atoms with Gasteiger partial charge in [-0.25, -0.2) is 0 Å². The van der Waals surface area contributed by atoms with E-state index >= 15 is 0 Å². The third kappa shape index (κ3) is 5.01. The van der Waals surface area contributed by atoms with E-state index in [1.807, 2.05) is 54.9 Å². The lowest BCUT2D eigenvalue weighted by atomic mass is 9.98. The Kier molecular flexibility index (Phi) is 6.28. The summed E-state index contributed by atoms with van der Waals surface area (Å²) in [7, 11) is 0. The number of rotatable bonds is 4. The van der Waals surface area contributed by atoms with Crippen molar-refractivity contribution in [1.82, 2.24) is 9.97 Å². The molecule has 5 aromatic carbocycles. The van der Waals surface area contributed by atoms with Gasteiger partial charge in [0, 0.05) is 34.3 Å². The highest BCUT2D eigenvalue weighted by atomic mass is 19.4. The number of alkyl halides is 3. The molecular weight excluding hydrogens is 529 g/mol. The maximum Gasteiger partial charge on any atom is 0.416 e. The average Bonchev–Trinajstić information content (AvgIpc) is 3.04. The summed E-state index contributed by atoms with van der Waals surface area (Å²) in [5, 5.41) is 2.16. The Labute approximate surface area is 240 Å². The summed E-state index contributed by atoms with van der Waals surface area (Å²) in [4.78, 5) is 9.34. The maximum atomic E-state index is 12.9. The zero-order valence-electron chi connectivity index (χ0n) is 22.3. The van der Waals surface area contributed by atoms with Crippen LogP contribution in [0.2, 0.25) is 0 Å². The predicted molar refractivity (Wildman–Crippen MR) is 164 cm³/mol. The molecule has 0 spiro atoms. The number of fused-ring (bicyclic) bond motifs is 2. The Balaban J connectivity index is 1.11. The van der Waals surface area contributed by atoms with E-state index in [2.05, 4.69) is 65.6 Å². The first-order valence-electron chi connectivity index (χ1n) is 13.5. The smallest absolute Gasteiger partial charge is 0.256 e. The van der Waals surface area contributed by atoms with Gasteiger partial charge in [-0.15, -0.1) is 0 Å². The van der Waals surface area contributed by atoms with Crippen LogP contribution in [0.4, 0.5) is 13.2 Å². The first-order chi connectivity index (χ1) is 20.4. The topological polar surface area (TPSA) is 25.8 Å². The van der Waals surface area contributed by atoms with Gasteiger partial charge in [-0.2, -0.15) is 13.2 Å². The van der Waals surface area contributed by atoms with E-state index in [1.54, 1.807) is 0 Å². The van der Waals surface area contributed by atoms with E-state index in [9.17, 15) is 13.2 Å². The monoisotopic (exact) mass is 552 g/mol. The normalized spacial score (nSPS) is 11.7. The summed E-state index contributed by atoms with van der Waals surface area (Å²) in [5.41, 5.74) is 9.18. The number of pyridine rings is 2. The lowest BCUT2D eigenvalue weighted by molar-refractivity contribution is -0.137. The van der Waals surface area contributed by atoms with Crippen molar-refractivity contribution in [2.24, 2.45) is 0 Å². The second-order valence-corrected chi connectivity index (χ2v) is 10.3. The summed E-state index contributed by atoms with van der Waals surface area (Å²) in [6.07, 6.45) is -0.532. The number of hydrogen-bond donors (Lipinski definition) is 0. The molecule has 0 saturated carbocycles. The molecule has 7 aromatic rings. The third-order valence-corrected chi connectivity index (χ3v) is 7.59. The van der Waals surface area contributed by atoms with Crippen LogP contribution < -0.4 is 0 Å². The molecule has 2 nitrogen and oxygen atoms in total. The van der Waals surface area contributed by atoms with Crippen molar-refractivity contribution in [3.63, 3.8) is 0 Å². The first kappa shape index (κ1) is 25.7. The zero-order chi connectivity index (χ0) is 28.7.